The third-order valence-electron chi connectivity index (χ3n) is 3.50. The minimum Gasteiger partial charge on any atom is -0.289 e. The second-order valence-electron chi connectivity index (χ2n) is 4.49. The molecule has 0 saturated heterocycles. The highest BCUT2D eigenvalue weighted by Gasteiger charge is 2.14. The second-order valence-corrected chi connectivity index (χ2v) is 4.49. The van der Waals surface area contributed by atoms with Crippen molar-refractivity contribution < 1.29 is 4.79 Å². The van der Waals surface area contributed by atoms with Gasteiger partial charge < -0.3 is 0 Å². The van der Waals surface area contributed by atoms with Crippen LogP contribution in [0, 0.1) is 0 Å². The Kier molecular flexibility index (Phi) is 1.73. The van der Waals surface area contributed by atoms with Crippen molar-refractivity contribution in [3.63, 3.8) is 0 Å². The zero-order chi connectivity index (χ0) is 12.1. The maximum atomic E-state index is 12.1. The van der Waals surface area contributed by atoms with Crippen LogP contribution in [0.3, 0.4) is 0 Å². The van der Waals surface area contributed by atoms with Gasteiger partial charge >= 0.3 is 0 Å². The summed E-state index contributed by atoms with van der Waals surface area (Å²) in [7, 11) is 0. The number of ketones is 1. The number of carbonyl (C=O) groups excluding carboxylic acids is 1. The molecule has 0 aromatic heterocycles. The lowest BCUT2D eigenvalue weighted by molar-refractivity contribution is 0.104. The Labute approximate surface area is 103 Å². The molecule has 0 bridgehead atoms. The summed E-state index contributed by atoms with van der Waals surface area (Å²) in [6.07, 6.45) is 9.11. The number of hydrogen-bond donors (Lipinski definition) is 0. The maximum Gasteiger partial charge on any atom is 0.187 e. The second kappa shape index (κ2) is 3.26. The van der Waals surface area contributed by atoms with Gasteiger partial charge in [0, 0.05) is 28.8 Å². The van der Waals surface area contributed by atoms with E-state index in [9.17, 15) is 4.79 Å². The maximum absolute atomic E-state index is 12.1. The molecule has 1 aliphatic carbocycles. The van der Waals surface area contributed by atoms with Gasteiger partial charge in [-0.2, -0.15) is 0 Å². The van der Waals surface area contributed by atoms with Crippen LogP contribution in [-0.2, 0) is 0 Å². The Hall–Kier alpha value is -2.48. The molecule has 84 valence electrons. The van der Waals surface area contributed by atoms with Gasteiger partial charge in [-0.15, -0.1) is 0 Å². The molecule has 2 heteroatoms. The van der Waals surface area contributed by atoms with Crippen molar-refractivity contribution in [3.05, 3.63) is 58.0 Å². The first-order valence-corrected chi connectivity index (χ1v) is 5.86. The topological polar surface area (TPSA) is 29.4 Å². The van der Waals surface area contributed by atoms with Gasteiger partial charge in [-0.05, 0) is 22.1 Å². The Bertz CT molecular complexity index is 885. The first-order chi connectivity index (χ1) is 8.84. The molecule has 1 heterocycles. The lowest BCUT2D eigenvalue weighted by Crippen LogP contribution is -2.18. The summed E-state index contributed by atoms with van der Waals surface area (Å²) in [5.74, 6) is 0.0805. The van der Waals surface area contributed by atoms with Crippen LogP contribution in [0.15, 0.2) is 41.4 Å². The van der Waals surface area contributed by atoms with E-state index in [1.165, 1.54) is 0 Å². The normalized spacial score (nSPS) is 15.2. The third kappa shape index (κ3) is 1.12. The predicted octanol–water partition coefficient (Wildman–Crippen LogP) is 1.54. The fourth-order valence-corrected chi connectivity index (χ4v) is 2.65. The molecule has 2 aromatic carbocycles. The van der Waals surface area contributed by atoms with Gasteiger partial charge in [-0.3, -0.25) is 9.79 Å². The van der Waals surface area contributed by atoms with Crippen molar-refractivity contribution in [1.82, 2.24) is 0 Å². The molecular weight excluding hydrogens is 222 g/mol. The number of benzene rings is 2. The number of nitrogens with zero attached hydrogens (tertiary/aromatic N) is 1. The van der Waals surface area contributed by atoms with Crippen molar-refractivity contribution in [2.45, 2.75) is 0 Å². The lowest BCUT2D eigenvalue weighted by Gasteiger charge is -2.09. The number of aliphatic imine (C=N–C) groups is 1. The number of rotatable bonds is 0. The minimum absolute atomic E-state index is 0.0805. The summed E-state index contributed by atoms with van der Waals surface area (Å²) in [4.78, 5) is 16.2. The fraction of sp³-hybridized carbons (Fsp3) is 0. The molecule has 2 aliphatic rings. The van der Waals surface area contributed by atoms with Gasteiger partial charge in [0.25, 0.3) is 0 Å². The molecule has 4 rings (SSSR count). The van der Waals surface area contributed by atoms with E-state index in [0.717, 1.165) is 32.3 Å². The van der Waals surface area contributed by atoms with Gasteiger partial charge in [0.1, 0.15) is 0 Å². The molecule has 0 saturated carbocycles. The SMILES string of the molecule is O=C1C=CC=c2ccc3c4c(ccc3c21)=CN=C4. The largest absolute Gasteiger partial charge is 0.289 e. The number of fused-ring (bicyclic) bond motifs is 5. The van der Waals surface area contributed by atoms with Crippen LogP contribution in [0.1, 0.15) is 15.9 Å². The molecule has 0 atom stereocenters. The summed E-state index contributed by atoms with van der Waals surface area (Å²) in [6.45, 7) is 0. The molecule has 0 unspecified atom stereocenters. The van der Waals surface area contributed by atoms with Crippen molar-refractivity contribution in [2.24, 2.45) is 4.99 Å². The molecule has 0 radical (unpaired) electrons. The smallest absolute Gasteiger partial charge is 0.187 e. The zero-order valence-electron chi connectivity index (χ0n) is 9.55. The fourth-order valence-electron chi connectivity index (χ4n) is 2.65. The zero-order valence-corrected chi connectivity index (χ0v) is 9.55. The summed E-state index contributed by atoms with van der Waals surface area (Å²) in [5.41, 5.74) is 1.91. The van der Waals surface area contributed by atoms with E-state index in [1.54, 1.807) is 12.2 Å². The Morgan fingerprint density at radius 2 is 1.78 bits per heavy atom. The third-order valence-corrected chi connectivity index (χ3v) is 3.50. The highest BCUT2D eigenvalue weighted by atomic mass is 16.1. The quantitative estimate of drug-likeness (QED) is 0.676. The lowest BCUT2D eigenvalue weighted by atomic mass is 9.93. The van der Waals surface area contributed by atoms with Crippen LogP contribution in [0.4, 0.5) is 0 Å². The molecule has 0 fully saturated rings. The summed E-state index contributed by atoms with van der Waals surface area (Å²) >= 11 is 0. The predicted molar refractivity (Wildman–Crippen MR) is 73.2 cm³/mol. The highest BCUT2D eigenvalue weighted by Crippen LogP contribution is 2.20. The van der Waals surface area contributed by atoms with Crippen LogP contribution in [0.2, 0.25) is 0 Å². The molecular formula is C16H9NO. The van der Waals surface area contributed by atoms with Gasteiger partial charge in [-0.1, -0.05) is 36.4 Å². The van der Waals surface area contributed by atoms with E-state index in [-0.39, 0.29) is 5.78 Å². The number of carbonyl (C=O) groups is 1. The van der Waals surface area contributed by atoms with Gasteiger partial charge in [-0.25, -0.2) is 0 Å². The summed E-state index contributed by atoms with van der Waals surface area (Å²) in [6, 6.07) is 8.12. The molecule has 1 aliphatic heterocycles. The molecule has 2 aromatic rings. The molecule has 0 spiro atoms. The average Bonchev–Trinajstić information content (AvgIpc) is 2.86. The van der Waals surface area contributed by atoms with Gasteiger partial charge in [0.05, 0.1) is 0 Å². The monoisotopic (exact) mass is 231 g/mol. The van der Waals surface area contributed by atoms with Crippen molar-refractivity contribution in [3.8, 4) is 0 Å². The Morgan fingerprint density at radius 3 is 2.72 bits per heavy atom. The van der Waals surface area contributed by atoms with Crippen LogP contribution in [0.25, 0.3) is 23.0 Å². The van der Waals surface area contributed by atoms with E-state index >= 15 is 0 Å². The van der Waals surface area contributed by atoms with E-state index in [1.807, 2.05) is 36.7 Å². The molecule has 18 heavy (non-hydrogen) atoms. The summed E-state index contributed by atoms with van der Waals surface area (Å²) < 4.78 is 0. The van der Waals surface area contributed by atoms with Gasteiger partial charge in [0.2, 0.25) is 0 Å². The minimum atomic E-state index is 0.0805. The number of allylic oxidation sites excluding steroid dienone is 2. The first-order valence-electron chi connectivity index (χ1n) is 5.86. The standard InChI is InChI=1S/C16H9NO/c18-15-3-1-2-10-4-6-12-13(16(10)15)7-5-11-8-17-9-14(11)12/h1-9H. The highest BCUT2D eigenvalue weighted by molar-refractivity contribution is 6.17. The molecule has 0 N–H and O–H groups in total. The van der Waals surface area contributed by atoms with Gasteiger partial charge in [0.15, 0.2) is 5.78 Å². The van der Waals surface area contributed by atoms with E-state index in [4.69, 9.17) is 0 Å². The van der Waals surface area contributed by atoms with E-state index in [2.05, 4.69) is 11.1 Å². The average molecular weight is 231 g/mol. The van der Waals surface area contributed by atoms with E-state index < -0.39 is 0 Å². The summed E-state index contributed by atoms with van der Waals surface area (Å²) in [5, 5.41) is 4.22. The van der Waals surface area contributed by atoms with Crippen molar-refractivity contribution in [2.75, 3.05) is 0 Å². The first kappa shape index (κ1) is 9.54. The Balaban J connectivity index is 2.26. The van der Waals surface area contributed by atoms with Crippen LogP contribution >= 0.6 is 0 Å². The van der Waals surface area contributed by atoms with Crippen molar-refractivity contribution in [1.29, 1.82) is 0 Å². The molecule has 2 nitrogen and oxygen atoms in total. The number of hydrogen-bond acceptors (Lipinski definition) is 2. The van der Waals surface area contributed by atoms with Crippen molar-refractivity contribution >= 4 is 35.0 Å². The van der Waals surface area contributed by atoms with Crippen LogP contribution in [0.5, 0.6) is 0 Å². The van der Waals surface area contributed by atoms with Crippen LogP contribution in [-0.4, -0.2) is 12.0 Å². The van der Waals surface area contributed by atoms with Crippen LogP contribution < -0.4 is 10.4 Å². The Morgan fingerprint density at radius 1 is 0.944 bits per heavy atom. The molecule has 0 amide bonds. The van der Waals surface area contributed by atoms with E-state index in [0.29, 0.717) is 0 Å².